The summed E-state index contributed by atoms with van der Waals surface area (Å²) in [5.41, 5.74) is 0.00450. The molecule has 96 valence electrons. The molecule has 1 aromatic carbocycles. The van der Waals surface area contributed by atoms with E-state index in [1.54, 1.807) is 0 Å². The van der Waals surface area contributed by atoms with E-state index < -0.39 is 11.7 Å². The molecule has 3 atom stereocenters. The molecule has 0 unspecified atom stereocenters. The summed E-state index contributed by atoms with van der Waals surface area (Å²) in [6, 6.07) is 4.09. The van der Waals surface area contributed by atoms with Gasteiger partial charge in [0.2, 0.25) is 0 Å². The Balaban J connectivity index is 1.69. The minimum absolute atomic E-state index is 0.00450. The Hall–Kier alpha value is -1.13. The molecule has 1 heterocycles. The number of amides is 1. The second kappa shape index (κ2) is 4.52. The Bertz CT molecular complexity index is 494. The molecular weight excluding hydrogens is 257 g/mol. The number of rotatable bonds is 2. The molecule has 0 aromatic heterocycles. The van der Waals surface area contributed by atoms with Crippen LogP contribution in [-0.4, -0.2) is 24.7 Å². The highest BCUT2D eigenvalue weighted by Gasteiger charge is 2.45. The lowest BCUT2D eigenvalue weighted by Crippen LogP contribution is -2.53. The minimum Gasteiger partial charge on any atom is -0.378 e. The number of nitrogens with one attached hydrogen (secondary N) is 1. The van der Waals surface area contributed by atoms with Crippen LogP contribution in [0.4, 0.5) is 4.39 Å². The van der Waals surface area contributed by atoms with E-state index in [-0.39, 0.29) is 17.7 Å². The summed E-state index contributed by atoms with van der Waals surface area (Å²) in [5, 5.41) is 3.21. The van der Waals surface area contributed by atoms with Crippen LogP contribution in [0.15, 0.2) is 18.2 Å². The van der Waals surface area contributed by atoms with Gasteiger partial charge >= 0.3 is 0 Å². The van der Waals surface area contributed by atoms with Crippen LogP contribution in [0.5, 0.6) is 0 Å². The van der Waals surface area contributed by atoms with Gasteiger partial charge in [0.05, 0.1) is 11.7 Å². The second-order valence-corrected chi connectivity index (χ2v) is 5.24. The maximum atomic E-state index is 13.5. The van der Waals surface area contributed by atoms with E-state index >= 15 is 0 Å². The summed E-state index contributed by atoms with van der Waals surface area (Å²) in [5.74, 6) is -0.558. The van der Waals surface area contributed by atoms with Crippen molar-refractivity contribution >= 4 is 17.5 Å². The van der Waals surface area contributed by atoms with Crippen LogP contribution < -0.4 is 5.32 Å². The second-order valence-electron chi connectivity index (χ2n) is 4.80. The summed E-state index contributed by atoms with van der Waals surface area (Å²) >= 11 is 5.77. The SMILES string of the molecule is O=C(N[C@H]1C[C@H]2OCC[C@@H]12)c1cc(Cl)ccc1F. The molecule has 1 aliphatic carbocycles. The molecule has 0 bridgehead atoms. The molecular formula is C13H13ClFNO2. The van der Waals surface area contributed by atoms with Crippen LogP contribution in [0.2, 0.25) is 5.02 Å². The topological polar surface area (TPSA) is 38.3 Å². The quantitative estimate of drug-likeness (QED) is 0.895. The molecule has 3 nitrogen and oxygen atoms in total. The van der Waals surface area contributed by atoms with Crippen molar-refractivity contribution in [3.8, 4) is 0 Å². The van der Waals surface area contributed by atoms with Crippen molar-refractivity contribution in [2.45, 2.75) is 25.0 Å². The zero-order chi connectivity index (χ0) is 12.7. The molecule has 1 saturated carbocycles. The molecule has 0 spiro atoms. The lowest BCUT2D eigenvalue weighted by molar-refractivity contribution is 0.00805. The van der Waals surface area contributed by atoms with Gasteiger partial charge in [-0.25, -0.2) is 4.39 Å². The van der Waals surface area contributed by atoms with Crippen molar-refractivity contribution in [2.75, 3.05) is 6.61 Å². The lowest BCUT2D eigenvalue weighted by atomic mass is 9.76. The Labute approximate surface area is 109 Å². The number of fused-ring (bicyclic) bond motifs is 1. The Morgan fingerprint density at radius 2 is 2.33 bits per heavy atom. The fraction of sp³-hybridized carbons (Fsp3) is 0.462. The first-order valence-corrected chi connectivity index (χ1v) is 6.40. The van der Waals surface area contributed by atoms with Crippen molar-refractivity contribution in [3.05, 3.63) is 34.6 Å². The minimum atomic E-state index is -0.546. The molecule has 2 aliphatic rings. The van der Waals surface area contributed by atoms with Crippen molar-refractivity contribution in [3.63, 3.8) is 0 Å². The molecule has 1 amide bonds. The van der Waals surface area contributed by atoms with Crippen LogP contribution in [0.3, 0.4) is 0 Å². The fourth-order valence-corrected chi connectivity index (χ4v) is 2.85. The normalized spacial score (nSPS) is 29.6. The van der Waals surface area contributed by atoms with E-state index in [1.165, 1.54) is 18.2 Å². The molecule has 1 aromatic rings. The first kappa shape index (κ1) is 11.9. The third-order valence-corrected chi connectivity index (χ3v) is 3.99. The summed E-state index contributed by atoms with van der Waals surface area (Å²) in [7, 11) is 0. The zero-order valence-electron chi connectivity index (χ0n) is 9.66. The summed E-state index contributed by atoms with van der Waals surface area (Å²) < 4.78 is 19.0. The predicted octanol–water partition coefficient (Wildman–Crippen LogP) is 2.39. The van der Waals surface area contributed by atoms with Crippen LogP contribution in [0.25, 0.3) is 0 Å². The predicted molar refractivity (Wildman–Crippen MR) is 65.1 cm³/mol. The van der Waals surface area contributed by atoms with Crippen LogP contribution in [0.1, 0.15) is 23.2 Å². The van der Waals surface area contributed by atoms with Crippen molar-refractivity contribution in [2.24, 2.45) is 5.92 Å². The van der Waals surface area contributed by atoms with E-state index in [1.807, 2.05) is 0 Å². The zero-order valence-corrected chi connectivity index (χ0v) is 10.4. The van der Waals surface area contributed by atoms with Gasteiger partial charge < -0.3 is 10.1 Å². The maximum Gasteiger partial charge on any atom is 0.254 e. The Morgan fingerprint density at radius 3 is 3.11 bits per heavy atom. The maximum absolute atomic E-state index is 13.5. The van der Waals surface area contributed by atoms with E-state index in [2.05, 4.69) is 5.32 Å². The summed E-state index contributed by atoms with van der Waals surface area (Å²) in [4.78, 5) is 12.0. The van der Waals surface area contributed by atoms with Crippen LogP contribution in [0, 0.1) is 11.7 Å². The molecule has 1 saturated heterocycles. The average Bonchev–Trinajstić information content (AvgIpc) is 2.70. The van der Waals surface area contributed by atoms with Crippen LogP contribution in [-0.2, 0) is 4.74 Å². The Kier molecular flexibility index (Phi) is 2.99. The molecule has 18 heavy (non-hydrogen) atoms. The van der Waals surface area contributed by atoms with Gasteiger partial charge in [-0.1, -0.05) is 11.6 Å². The van der Waals surface area contributed by atoms with Crippen LogP contribution >= 0.6 is 11.6 Å². The largest absolute Gasteiger partial charge is 0.378 e. The van der Waals surface area contributed by atoms with E-state index in [9.17, 15) is 9.18 Å². The van der Waals surface area contributed by atoms with Crippen molar-refractivity contribution in [1.82, 2.24) is 5.32 Å². The molecule has 1 N–H and O–H groups in total. The van der Waals surface area contributed by atoms with Gasteiger partial charge in [-0.05, 0) is 31.0 Å². The average molecular weight is 270 g/mol. The lowest BCUT2D eigenvalue weighted by Gasteiger charge is -2.39. The number of carbonyl (C=O) groups excluding carboxylic acids is 1. The fourth-order valence-electron chi connectivity index (χ4n) is 2.68. The Morgan fingerprint density at radius 1 is 1.50 bits per heavy atom. The number of halogens is 2. The smallest absolute Gasteiger partial charge is 0.254 e. The molecule has 2 fully saturated rings. The van der Waals surface area contributed by atoms with Crippen molar-refractivity contribution < 1.29 is 13.9 Å². The van der Waals surface area contributed by atoms with Gasteiger partial charge in [-0.15, -0.1) is 0 Å². The van der Waals surface area contributed by atoms with Gasteiger partial charge in [0, 0.05) is 23.6 Å². The van der Waals surface area contributed by atoms with Gasteiger partial charge in [0.1, 0.15) is 5.82 Å². The van der Waals surface area contributed by atoms with Crippen molar-refractivity contribution in [1.29, 1.82) is 0 Å². The third-order valence-electron chi connectivity index (χ3n) is 3.75. The van der Waals surface area contributed by atoms with E-state index in [0.29, 0.717) is 10.9 Å². The number of carbonyl (C=O) groups is 1. The first-order valence-electron chi connectivity index (χ1n) is 6.02. The van der Waals surface area contributed by atoms with Gasteiger partial charge in [0.15, 0.2) is 0 Å². The first-order chi connectivity index (χ1) is 8.65. The van der Waals surface area contributed by atoms with E-state index in [0.717, 1.165) is 19.4 Å². The summed E-state index contributed by atoms with van der Waals surface area (Å²) in [6.45, 7) is 0.757. The summed E-state index contributed by atoms with van der Waals surface area (Å²) in [6.07, 6.45) is 2.06. The third kappa shape index (κ3) is 1.99. The molecule has 0 radical (unpaired) electrons. The standard InChI is InChI=1S/C13H13ClFNO2/c14-7-1-2-10(15)9(5-7)13(17)16-11-6-12-8(11)3-4-18-12/h1-2,5,8,11-12H,3-4,6H2,(H,16,17)/t8-,11-,12+/m0/s1. The number of hydrogen-bond acceptors (Lipinski definition) is 2. The highest BCUT2D eigenvalue weighted by atomic mass is 35.5. The number of hydrogen-bond donors (Lipinski definition) is 1. The monoisotopic (exact) mass is 269 g/mol. The molecule has 3 rings (SSSR count). The highest BCUT2D eigenvalue weighted by molar-refractivity contribution is 6.31. The van der Waals surface area contributed by atoms with E-state index in [4.69, 9.17) is 16.3 Å². The molecule has 5 heteroatoms. The molecule has 1 aliphatic heterocycles. The van der Waals surface area contributed by atoms with Gasteiger partial charge in [0.25, 0.3) is 5.91 Å². The highest BCUT2D eigenvalue weighted by Crippen LogP contribution is 2.38. The van der Waals surface area contributed by atoms with Gasteiger partial charge in [-0.3, -0.25) is 4.79 Å². The number of benzene rings is 1. The number of ether oxygens (including phenoxy) is 1. The van der Waals surface area contributed by atoms with Gasteiger partial charge in [-0.2, -0.15) is 0 Å².